The molecule has 17 heavy (non-hydrogen) atoms. The zero-order valence-electron chi connectivity index (χ0n) is 10.6. The summed E-state index contributed by atoms with van der Waals surface area (Å²) in [6, 6.07) is 0. The van der Waals surface area contributed by atoms with Crippen molar-refractivity contribution in [3.63, 3.8) is 0 Å². The van der Waals surface area contributed by atoms with E-state index in [1.165, 1.54) is 12.7 Å². The molecule has 1 aliphatic heterocycles. The van der Waals surface area contributed by atoms with Crippen molar-refractivity contribution in [2.45, 2.75) is 45.1 Å². The van der Waals surface area contributed by atoms with Crippen LogP contribution < -0.4 is 0 Å². The van der Waals surface area contributed by atoms with Crippen molar-refractivity contribution in [3.05, 3.63) is 23.5 Å². The van der Waals surface area contributed by atoms with Crippen LogP contribution in [0.2, 0.25) is 0 Å². The number of rotatable bonds is 3. The average molecular weight is 236 g/mol. The van der Waals surface area contributed by atoms with E-state index in [1.807, 2.05) is 0 Å². The van der Waals surface area contributed by atoms with Crippen LogP contribution in [0, 0.1) is 5.92 Å². The standard InChI is InChI=1S/C14H20O3/c1-3-12-8-9-13(17-12)10-4-6-11(7-5-10)14(15)16-2/h4,9,11-12H,3,5-8H2,1-2H3. The predicted octanol–water partition coefficient (Wildman–Crippen LogP) is 2.97. The summed E-state index contributed by atoms with van der Waals surface area (Å²) < 4.78 is 10.6. The van der Waals surface area contributed by atoms with Crippen LogP contribution in [0.1, 0.15) is 39.0 Å². The number of allylic oxidation sites excluding steroid dienone is 2. The first-order valence-electron chi connectivity index (χ1n) is 6.38. The average Bonchev–Trinajstić information content (AvgIpc) is 2.87. The Labute approximate surface area is 102 Å². The van der Waals surface area contributed by atoms with Crippen LogP contribution in [-0.2, 0) is 14.3 Å². The molecule has 0 bridgehead atoms. The summed E-state index contributed by atoms with van der Waals surface area (Å²) >= 11 is 0. The number of hydrogen-bond donors (Lipinski definition) is 0. The molecular formula is C14H20O3. The van der Waals surface area contributed by atoms with E-state index in [2.05, 4.69) is 19.1 Å². The fourth-order valence-corrected chi connectivity index (χ4v) is 2.41. The van der Waals surface area contributed by atoms with Crippen molar-refractivity contribution in [1.29, 1.82) is 0 Å². The summed E-state index contributed by atoms with van der Waals surface area (Å²) in [6.45, 7) is 2.14. The summed E-state index contributed by atoms with van der Waals surface area (Å²) in [4.78, 5) is 11.4. The minimum absolute atomic E-state index is 0.0349. The van der Waals surface area contributed by atoms with E-state index >= 15 is 0 Å². The second kappa shape index (κ2) is 5.39. The molecule has 3 heteroatoms. The van der Waals surface area contributed by atoms with Gasteiger partial charge in [-0.05, 0) is 37.3 Å². The maximum Gasteiger partial charge on any atom is 0.308 e. The van der Waals surface area contributed by atoms with Gasteiger partial charge in [-0.1, -0.05) is 13.0 Å². The van der Waals surface area contributed by atoms with Crippen LogP contribution in [0.5, 0.6) is 0 Å². The number of carbonyl (C=O) groups is 1. The van der Waals surface area contributed by atoms with Gasteiger partial charge in [-0.3, -0.25) is 4.79 Å². The van der Waals surface area contributed by atoms with E-state index in [4.69, 9.17) is 9.47 Å². The molecule has 0 saturated heterocycles. The highest BCUT2D eigenvalue weighted by Crippen LogP contribution is 2.33. The van der Waals surface area contributed by atoms with E-state index in [1.54, 1.807) is 0 Å². The molecule has 3 nitrogen and oxygen atoms in total. The molecule has 2 unspecified atom stereocenters. The van der Waals surface area contributed by atoms with Crippen LogP contribution in [0.25, 0.3) is 0 Å². The molecule has 0 fully saturated rings. The first-order chi connectivity index (χ1) is 8.24. The molecule has 1 aliphatic carbocycles. The highest BCUT2D eigenvalue weighted by atomic mass is 16.5. The van der Waals surface area contributed by atoms with Crippen molar-refractivity contribution in [3.8, 4) is 0 Å². The summed E-state index contributed by atoms with van der Waals surface area (Å²) in [5.41, 5.74) is 1.26. The van der Waals surface area contributed by atoms with Gasteiger partial charge in [0.1, 0.15) is 11.9 Å². The Morgan fingerprint density at radius 3 is 2.82 bits per heavy atom. The smallest absolute Gasteiger partial charge is 0.308 e. The van der Waals surface area contributed by atoms with Crippen molar-refractivity contribution in [2.75, 3.05) is 7.11 Å². The lowest BCUT2D eigenvalue weighted by atomic mass is 9.89. The maximum atomic E-state index is 11.4. The monoisotopic (exact) mass is 236 g/mol. The largest absolute Gasteiger partial charge is 0.490 e. The van der Waals surface area contributed by atoms with Gasteiger partial charge in [0.05, 0.1) is 13.0 Å². The van der Waals surface area contributed by atoms with Crippen molar-refractivity contribution in [2.24, 2.45) is 5.92 Å². The normalized spacial score (nSPS) is 28.1. The van der Waals surface area contributed by atoms with E-state index in [0.717, 1.165) is 37.9 Å². The molecule has 0 aromatic carbocycles. The Morgan fingerprint density at radius 1 is 1.47 bits per heavy atom. The number of ether oxygens (including phenoxy) is 2. The van der Waals surface area contributed by atoms with Gasteiger partial charge in [0.2, 0.25) is 0 Å². The Bertz CT molecular complexity index is 354. The molecule has 0 N–H and O–H groups in total. The van der Waals surface area contributed by atoms with Gasteiger partial charge >= 0.3 is 5.97 Å². The van der Waals surface area contributed by atoms with Crippen LogP contribution in [0.4, 0.5) is 0 Å². The summed E-state index contributed by atoms with van der Waals surface area (Å²) in [7, 11) is 1.45. The van der Waals surface area contributed by atoms with Crippen molar-refractivity contribution < 1.29 is 14.3 Å². The maximum absolute atomic E-state index is 11.4. The van der Waals surface area contributed by atoms with Gasteiger partial charge < -0.3 is 9.47 Å². The second-order valence-electron chi connectivity index (χ2n) is 4.68. The first kappa shape index (κ1) is 12.2. The Hall–Kier alpha value is -1.25. The lowest BCUT2D eigenvalue weighted by Crippen LogP contribution is -2.19. The second-order valence-corrected chi connectivity index (χ2v) is 4.68. The third kappa shape index (κ3) is 2.71. The van der Waals surface area contributed by atoms with Crippen molar-refractivity contribution in [1.82, 2.24) is 0 Å². The number of methoxy groups -OCH3 is 1. The van der Waals surface area contributed by atoms with E-state index in [0.29, 0.717) is 6.10 Å². The Kier molecular flexibility index (Phi) is 3.87. The minimum atomic E-state index is -0.0898. The molecule has 2 atom stereocenters. The molecule has 2 aliphatic rings. The van der Waals surface area contributed by atoms with E-state index < -0.39 is 0 Å². The highest BCUT2D eigenvalue weighted by Gasteiger charge is 2.26. The fraction of sp³-hybridized carbons (Fsp3) is 0.643. The first-order valence-corrected chi connectivity index (χ1v) is 6.38. The fourth-order valence-electron chi connectivity index (χ4n) is 2.41. The molecular weight excluding hydrogens is 216 g/mol. The minimum Gasteiger partial charge on any atom is -0.490 e. The van der Waals surface area contributed by atoms with Crippen LogP contribution in [-0.4, -0.2) is 19.2 Å². The molecule has 0 saturated carbocycles. The summed E-state index contributed by atoms with van der Waals surface area (Å²) in [6.07, 6.45) is 9.30. The molecule has 0 aromatic rings. The molecule has 0 radical (unpaired) electrons. The molecule has 1 heterocycles. The zero-order chi connectivity index (χ0) is 12.3. The third-order valence-corrected chi connectivity index (χ3v) is 3.58. The van der Waals surface area contributed by atoms with Crippen molar-refractivity contribution >= 4 is 5.97 Å². The van der Waals surface area contributed by atoms with Gasteiger partial charge in [0.15, 0.2) is 0 Å². The number of hydrogen-bond acceptors (Lipinski definition) is 3. The van der Waals surface area contributed by atoms with Gasteiger partial charge in [0, 0.05) is 6.42 Å². The van der Waals surface area contributed by atoms with Crippen LogP contribution >= 0.6 is 0 Å². The molecule has 0 amide bonds. The SMILES string of the molecule is CCC1CC=C(C2=CCC(C(=O)OC)CC2)O1. The molecule has 94 valence electrons. The van der Waals surface area contributed by atoms with E-state index in [9.17, 15) is 4.79 Å². The lowest BCUT2D eigenvalue weighted by Gasteiger charge is -2.21. The third-order valence-electron chi connectivity index (χ3n) is 3.58. The quantitative estimate of drug-likeness (QED) is 0.707. The molecule has 0 aromatic heterocycles. The zero-order valence-corrected chi connectivity index (χ0v) is 10.6. The number of carbonyl (C=O) groups excluding carboxylic acids is 1. The molecule has 2 rings (SSSR count). The Balaban J connectivity index is 1.93. The van der Waals surface area contributed by atoms with Gasteiger partial charge in [-0.15, -0.1) is 0 Å². The highest BCUT2D eigenvalue weighted by molar-refractivity contribution is 5.72. The molecule has 0 spiro atoms. The van der Waals surface area contributed by atoms with Gasteiger partial charge in [0.25, 0.3) is 0 Å². The lowest BCUT2D eigenvalue weighted by molar-refractivity contribution is -0.145. The number of esters is 1. The summed E-state index contributed by atoms with van der Waals surface area (Å²) in [5.74, 6) is 0.987. The van der Waals surface area contributed by atoms with Gasteiger partial charge in [-0.2, -0.15) is 0 Å². The van der Waals surface area contributed by atoms with E-state index in [-0.39, 0.29) is 11.9 Å². The summed E-state index contributed by atoms with van der Waals surface area (Å²) in [5, 5.41) is 0. The van der Waals surface area contributed by atoms with Gasteiger partial charge in [-0.25, -0.2) is 0 Å². The van der Waals surface area contributed by atoms with Crippen LogP contribution in [0.15, 0.2) is 23.5 Å². The van der Waals surface area contributed by atoms with Crippen LogP contribution in [0.3, 0.4) is 0 Å². The predicted molar refractivity (Wildman–Crippen MR) is 65.3 cm³/mol. The topological polar surface area (TPSA) is 35.5 Å². The Morgan fingerprint density at radius 2 is 2.29 bits per heavy atom.